The largest absolute Gasteiger partial charge is 0.495 e. The molecular weight excluding hydrogens is 390 g/mol. The SMILES string of the molecule is COc1cc(Cl)c(C)cc1NC(=O)c1ccccc1NC(=O)CN1CCCCC1. The second kappa shape index (κ2) is 9.76. The first-order chi connectivity index (χ1) is 14.0. The fourth-order valence-electron chi connectivity index (χ4n) is 3.42. The average molecular weight is 416 g/mol. The molecule has 0 aromatic heterocycles. The topological polar surface area (TPSA) is 70.7 Å². The first kappa shape index (κ1) is 21.1. The summed E-state index contributed by atoms with van der Waals surface area (Å²) in [4.78, 5) is 27.5. The Morgan fingerprint density at radius 2 is 1.79 bits per heavy atom. The van der Waals surface area contributed by atoms with E-state index in [9.17, 15) is 9.59 Å². The maximum atomic E-state index is 12.9. The minimum absolute atomic E-state index is 0.118. The van der Waals surface area contributed by atoms with Crippen LogP contribution in [0, 0.1) is 6.92 Å². The number of piperidine rings is 1. The van der Waals surface area contributed by atoms with E-state index in [-0.39, 0.29) is 11.8 Å². The molecule has 2 amide bonds. The number of carbonyl (C=O) groups is 2. The fourth-order valence-corrected chi connectivity index (χ4v) is 3.57. The summed E-state index contributed by atoms with van der Waals surface area (Å²) in [7, 11) is 1.52. The Morgan fingerprint density at radius 1 is 1.07 bits per heavy atom. The van der Waals surface area contributed by atoms with Crippen molar-refractivity contribution in [2.75, 3.05) is 37.4 Å². The zero-order valence-corrected chi connectivity index (χ0v) is 17.5. The molecule has 0 saturated carbocycles. The van der Waals surface area contributed by atoms with Crippen molar-refractivity contribution in [3.05, 3.63) is 52.5 Å². The molecule has 0 bridgehead atoms. The highest BCUT2D eigenvalue weighted by Crippen LogP contribution is 2.31. The number of hydrogen-bond acceptors (Lipinski definition) is 4. The summed E-state index contributed by atoms with van der Waals surface area (Å²) in [5, 5.41) is 6.30. The van der Waals surface area contributed by atoms with Gasteiger partial charge in [0, 0.05) is 11.1 Å². The van der Waals surface area contributed by atoms with Gasteiger partial charge in [-0.1, -0.05) is 30.2 Å². The van der Waals surface area contributed by atoms with Gasteiger partial charge in [0.05, 0.1) is 30.6 Å². The highest BCUT2D eigenvalue weighted by molar-refractivity contribution is 6.31. The third-order valence-corrected chi connectivity index (χ3v) is 5.40. The number of rotatable bonds is 6. The summed E-state index contributed by atoms with van der Waals surface area (Å²) < 4.78 is 5.32. The first-order valence-corrected chi connectivity index (χ1v) is 10.1. The second-order valence-corrected chi connectivity index (χ2v) is 7.59. The molecule has 0 spiro atoms. The highest BCUT2D eigenvalue weighted by atomic mass is 35.5. The van der Waals surface area contributed by atoms with Gasteiger partial charge in [-0.25, -0.2) is 0 Å². The standard InChI is InChI=1S/C22H26ClN3O3/c1-15-12-19(20(29-2)13-17(15)23)25-22(28)16-8-4-5-9-18(16)24-21(27)14-26-10-6-3-7-11-26/h4-5,8-9,12-13H,3,6-7,10-11,14H2,1-2H3,(H,24,27)(H,25,28). The Morgan fingerprint density at radius 3 is 2.52 bits per heavy atom. The number of halogens is 1. The summed E-state index contributed by atoms with van der Waals surface area (Å²) in [6.07, 6.45) is 3.46. The monoisotopic (exact) mass is 415 g/mol. The first-order valence-electron chi connectivity index (χ1n) is 9.74. The summed E-state index contributed by atoms with van der Waals surface area (Å²) in [6.45, 7) is 4.06. The van der Waals surface area contributed by atoms with Crippen molar-refractivity contribution < 1.29 is 14.3 Å². The molecule has 1 fully saturated rings. The van der Waals surface area contributed by atoms with Gasteiger partial charge in [-0.3, -0.25) is 14.5 Å². The molecule has 6 nitrogen and oxygen atoms in total. The van der Waals surface area contributed by atoms with Crippen molar-refractivity contribution in [3.8, 4) is 5.75 Å². The molecule has 29 heavy (non-hydrogen) atoms. The van der Waals surface area contributed by atoms with Crippen molar-refractivity contribution >= 4 is 34.8 Å². The van der Waals surface area contributed by atoms with Gasteiger partial charge >= 0.3 is 0 Å². The summed E-state index contributed by atoms with van der Waals surface area (Å²) >= 11 is 6.14. The fraction of sp³-hybridized carbons (Fsp3) is 0.364. The third-order valence-electron chi connectivity index (χ3n) is 4.99. The highest BCUT2D eigenvalue weighted by Gasteiger charge is 2.18. The van der Waals surface area contributed by atoms with Gasteiger partial charge in [0.2, 0.25) is 5.91 Å². The van der Waals surface area contributed by atoms with Gasteiger partial charge in [-0.2, -0.15) is 0 Å². The number of methoxy groups -OCH3 is 1. The number of para-hydroxylation sites is 1. The van der Waals surface area contributed by atoms with Crippen LogP contribution in [0.4, 0.5) is 11.4 Å². The lowest BCUT2D eigenvalue weighted by Gasteiger charge is -2.25. The molecule has 0 radical (unpaired) electrons. The molecule has 2 N–H and O–H groups in total. The van der Waals surface area contributed by atoms with E-state index in [4.69, 9.17) is 16.3 Å². The number of ether oxygens (including phenoxy) is 1. The van der Waals surface area contributed by atoms with Gasteiger partial charge in [-0.05, 0) is 56.6 Å². The number of aryl methyl sites for hydroxylation is 1. The normalized spacial score (nSPS) is 14.3. The Balaban J connectivity index is 1.73. The smallest absolute Gasteiger partial charge is 0.257 e. The van der Waals surface area contributed by atoms with Gasteiger partial charge in [-0.15, -0.1) is 0 Å². The van der Waals surface area contributed by atoms with Crippen LogP contribution in [0.15, 0.2) is 36.4 Å². The Kier molecular flexibility index (Phi) is 7.12. The van der Waals surface area contributed by atoms with E-state index in [1.54, 1.807) is 36.4 Å². The number of likely N-dealkylation sites (tertiary alicyclic amines) is 1. The van der Waals surface area contributed by atoms with Crippen molar-refractivity contribution in [1.82, 2.24) is 4.90 Å². The van der Waals surface area contributed by atoms with E-state index < -0.39 is 0 Å². The number of anilines is 2. The number of nitrogens with zero attached hydrogens (tertiary/aromatic N) is 1. The maximum absolute atomic E-state index is 12.9. The predicted molar refractivity (Wildman–Crippen MR) is 116 cm³/mol. The number of nitrogens with one attached hydrogen (secondary N) is 2. The Hall–Kier alpha value is -2.57. The zero-order chi connectivity index (χ0) is 20.8. The Bertz CT molecular complexity index is 895. The molecule has 2 aromatic carbocycles. The zero-order valence-electron chi connectivity index (χ0n) is 16.8. The molecule has 0 aliphatic carbocycles. The van der Waals surface area contributed by atoms with Crippen LogP contribution < -0.4 is 15.4 Å². The van der Waals surface area contributed by atoms with E-state index in [0.717, 1.165) is 31.5 Å². The summed E-state index contributed by atoms with van der Waals surface area (Å²) in [6, 6.07) is 10.4. The molecule has 1 aliphatic rings. The maximum Gasteiger partial charge on any atom is 0.257 e. The number of hydrogen-bond donors (Lipinski definition) is 2. The molecule has 0 unspecified atom stereocenters. The van der Waals surface area contributed by atoms with Gasteiger partial charge in [0.1, 0.15) is 5.75 Å². The number of benzene rings is 2. The summed E-state index contributed by atoms with van der Waals surface area (Å²) in [5.74, 6) is 0.0199. The van der Waals surface area contributed by atoms with Crippen molar-refractivity contribution in [2.45, 2.75) is 26.2 Å². The van der Waals surface area contributed by atoms with Crippen LogP contribution in [0.1, 0.15) is 35.2 Å². The van der Waals surface area contributed by atoms with Crippen molar-refractivity contribution in [1.29, 1.82) is 0 Å². The van der Waals surface area contributed by atoms with Crippen LogP contribution in [0.25, 0.3) is 0 Å². The quantitative estimate of drug-likeness (QED) is 0.736. The van der Waals surface area contributed by atoms with Gasteiger partial charge < -0.3 is 15.4 Å². The molecular formula is C22H26ClN3O3. The van der Waals surface area contributed by atoms with E-state index >= 15 is 0 Å². The van der Waals surface area contributed by atoms with Crippen LogP contribution in [0.3, 0.4) is 0 Å². The Labute approximate surface area is 176 Å². The minimum Gasteiger partial charge on any atom is -0.495 e. The van der Waals surface area contributed by atoms with Gasteiger partial charge in [0.15, 0.2) is 0 Å². The molecule has 0 atom stereocenters. The molecule has 7 heteroatoms. The number of carbonyl (C=O) groups excluding carboxylic acids is 2. The lowest BCUT2D eigenvalue weighted by atomic mass is 10.1. The van der Waals surface area contributed by atoms with Crippen LogP contribution >= 0.6 is 11.6 Å². The van der Waals surface area contributed by atoms with Gasteiger partial charge in [0.25, 0.3) is 5.91 Å². The van der Waals surface area contributed by atoms with E-state index in [2.05, 4.69) is 15.5 Å². The molecule has 154 valence electrons. The second-order valence-electron chi connectivity index (χ2n) is 7.19. The van der Waals surface area contributed by atoms with E-state index in [1.807, 2.05) is 6.92 Å². The van der Waals surface area contributed by atoms with Crippen LogP contribution in [-0.2, 0) is 4.79 Å². The average Bonchev–Trinajstić information content (AvgIpc) is 2.71. The molecule has 1 heterocycles. The lowest BCUT2D eigenvalue weighted by Crippen LogP contribution is -2.37. The third kappa shape index (κ3) is 5.49. The van der Waals surface area contributed by atoms with Crippen molar-refractivity contribution in [2.24, 2.45) is 0 Å². The van der Waals surface area contributed by atoms with E-state index in [0.29, 0.717) is 34.3 Å². The molecule has 3 rings (SSSR count). The number of amides is 2. The molecule has 2 aromatic rings. The van der Waals surface area contributed by atoms with E-state index in [1.165, 1.54) is 13.5 Å². The lowest BCUT2D eigenvalue weighted by molar-refractivity contribution is -0.117. The van der Waals surface area contributed by atoms with Crippen LogP contribution in [0.5, 0.6) is 5.75 Å². The van der Waals surface area contributed by atoms with Crippen molar-refractivity contribution in [3.63, 3.8) is 0 Å². The predicted octanol–water partition coefficient (Wildman–Crippen LogP) is 4.33. The van der Waals surface area contributed by atoms with Crippen LogP contribution in [0.2, 0.25) is 5.02 Å². The molecule has 1 saturated heterocycles. The van der Waals surface area contributed by atoms with Crippen LogP contribution in [-0.4, -0.2) is 43.5 Å². The molecule has 1 aliphatic heterocycles. The summed E-state index contributed by atoms with van der Waals surface area (Å²) in [5.41, 5.74) is 2.21. The minimum atomic E-state index is -0.334.